The first-order chi connectivity index (χ1) is 9.79. The van der Waals surface area contributed by atoms with Crippen molar-refractivity contribution in [2.75, 3.05) is 5.32 Å². The molecule has 0 aliphatic heterocycles. The summed E-state index contributed by atoms with van der Waals surface area (Å²) in [5, 5.41) is 3.58. The van der Waals surface area contributed by atoms with E-state index in [1.165, 1.54) is 31.2 Å². The Morgan fingerprint density at radius 3 is 2.75 bits per heavy atom. The molecule has 4 heteroatoms. The van der Waals surface area contributed by atoms with Crippen molar-refractivity contribution < 1.29 is 0 Å². The maximum atomic E-state index is 5.81. The van der Waals surface area contributed by atoms with Crippen molar-refractivity contribution in [2.24, 2.45) is 0 Å². The fourth-order valence-electron chi connectivity index (χ4n) is 2.14. The molecule has 2 aromatic rings. The van der Waals surface area contributed by atoms with Crippen LogP contribution in [0.2, 0.25) is 5.28 Å². The van der Waals surface area contributed by atoms with Crippen LogP contribution in [0, 0.1) is 0 Å². The zero-order valence-corrected chi connectivity index (χ0v) is 12.5. The molecule has 0 atom stereocenters. The summed E-state index contributed by atoms with van der Waals surface area (Å²) in [6.07, 6.45) is 7.81. The molecule has 106 valence electrons. The van der Waals surface area contributed by atoms with Crippen molar-refractivity contribution in [3.63, 3.8) is 0 Å². The van der Waals surface area contributed by atoms with Crippen LogP contribution in [-0.2, 0) is 6.42 Å². The molecule has 20 heavy (non-hydrogen) atoms. The monoisotopic (exact) mass is 289 g/mol. The molecule has 0 saturated carbocycles. The summed E-state index contributed by atoms with van der Waals surface area (Å²) in [7, 11) is 0. The van der Waals surface area contributed by atoms with E-state index in [0.29, 0.717) is 0 Å². The third-order valence-corrected chi connectivity index (χ3v) is 3.39. The molecule has 0 bridgehead atoms. The second-order valence-electron chi connectivity index (χ2n) is 4.80. The normalized spacial score (nSPS) is 10.5. The molecule has 0 radical (unpaired) electrons. The van der Waals surface area contributed by atoms with Gasteiger partial charge < -0.3 is 5.32 Å². The van der Waals surface area contributed by atoms with E-state index in [2.05, 4.69) is 40.4 Å². The van der Waals surface area contributed by atoms with E-state index in [1.807, 2.05) is 12.1 Å². The molecule has 1 aromatic carbocycles. The molecule has 0 spiro atoms. The van der Waals surface area contributed by atoms with Gasteiger partial charge in [0.15, 0.2) is 0 Å². The van der Waals surface area contributed by atoms with Crippen molar-refractivity contribution >= 4 is 23.1 Å². The average Bonchev–Trinajstić information content (AvgIpc) is 2.45. The van der Waals surface area contributed by atoms with Gasteiger partial charge >= 0.3 is 0 Å². The maximum absolute atomic E-state index is 5.81. The Morgan fingerprint density at radius 1 is 1.10 bits per heavy atom. The lowest BCUT2D eigenvalue weighted by atomic mass is 10.0. The smallest absolute Gasteiger partial charge is 0.224 e. The molecule has 0 saturated heterocycles. The number of unbranched alkanes of at least 4 members (excludes halogenated alkanes) is 3. The predicted octanol–water partition coefficient (Wildman–Crippen LogP) is 5.00. The van der Waals surface area contributed by atoms with Crippen LogP contribution in [0.5, 0.6) is 0 Å². The molecule has 2 rings (SSSR count). The van der Waals surface area contributed by atoms with E-state index in [9.17, 15) is 0 Å². The van der Waals surface area contributed by atoms with E-state index >= 15 is 0 Å². The lowest BCUT2D eigenvalue weighted by molar-refractivity contribution is 0.667. The van der Waals surface area contributed by atoms with Crippen LogP contribution in [0.1, 0.15) is 38.2 Å². The number of aryl methyl sites for hydroxylation is 1. The Bertz CT molecular complexity index is 543. The highest BCUT2D eigenvalue weighted by molar-refractivity contribution is 6.28. The largest absolute Gasteiger partial charge is 0.340 e. The molecule has 0 aliphatic rings. The number of anilines is 2. The zero-order chi connectivity index (χ0) is 14.2. The molecule has 0 unspecified atom stereocenters. The number of hydrogen-bond acceptors (Lipinski definition) is 3. The van der Waals surface area contributed by atoms with Crippen molar-refractivity contribution in [2.45, 2.75) is 39.0 Å². The predicted molar refractivity (Wildman–Crippen MR) is 84.6 cm³/mol. The summed E-state index contributed by atoms with van der Waals surface area (Å²) in [5.41, 5.74) is 2.41. The maximum Gasteiger partial charge on any atom is 0.224 e. The summed E-state index contributed by atoms with van der Waals surface area (Å²) < 4.78 is 0. The minimum Gasteiger partial charge on any atom is -0.340 e. The van der Waals surface area contributed by atoms with Crippen LogP contribution in [-0.4, -0.2) is 9.97 Å². The topological polar surface area (TPSA) is 37.8 Å². The van der Waals surface area contributed by atoms with Crippen LogP contribution in [0.3, 0.4) is 0 Å². The Kier molecular flexibility index (Phi) is 5.81. The molecular weight excluding hydrogens is 270 g/mol. The van der Waals surface area contributed by atoms with Gasteiger partial charge in [0.25, 0.3) is 0 Å². The fourth-order valence-corrected chi connectivity index (χ4v) is 2.29. The summed E-state index contributed by atoms with van der Waals surface area (Å²) in [6.45, 7) is 2.23. The van der Waals surface area contributed by atoms with E-state index in [1.54, 1.807) is 6.20 Å². The number of nitrogens with zero attached hydrogens (tertiary/aromatic N) is 2. The standard InChI is InChI=1S/C16H20ClN3/c1-2-3-4-5-8-13-9-6-7-10-14(13)19-15-11-12-18-16(17)20-15/h6-7,9-12H,2-5,8H2,1H3,(H,18,19,20). The van der Waals surface area contributed by atoms with E-state index in [0.717, 1.165) is 17.9 Å². The number of rotatable bonds is 7. The molecule has 1 aromatic heterocycles. The van der Waals surface area contributed by atoms with Gasteiger partial charge in [-0.05, 0) is 42.1 Å². The summed E-state index contributed by atoms with van der Waals surface area (Å²) in [5.74, 6) is 0.728. The molecule has 0 amide bonds. The van der Waals surface area contributed by atoms with Crippen LogP contribution >= 0.6 is 11.6 Å². The highest BCUT2D eigenvalue weighted by Gasteiger charge is 2.03. The Hall–Kier alpha value is -1.61. The number of halogens is 1. The minimum atomic E-state index is 0.260. The molecule has 0 fully saturated rings. The number of para-hydroxylation sites is 1. The quantitative estimate of drug-likeness (QED) is 0.576. The van der Waals surface area contributed by atoms with E-state index < -0.39 is 0 Å². The zero-order valence-electron chi connectivity index (χ0n) is 11.8. The van der Waals surface area contributed by atoms with Gasteiger partial charge in [0, 0.05) is 11.9 Å². The molecule has 1 N–H and O–H groups in total. The van der Waals surface area contributed by atoms with Gasteiger partial charge in [0.05, 0.1) is 0 Å². The van der Waals surface area contributed by atoms with Crippen molar-refractivity contribution in [3.05, 3.63) is 47.4 Å². The Morgan fingerprint density at radius 2 is 1.95 bits per heavy atom. The second kappa shape index (κ2) is 7.85. The SMILES string of the molecule is CCCCCCc1ccccc1Nc1ccnc(Cl)n1. The summed E-state index contributed by atoms with van der Waals surface area (Å²) in [4.78, 5) is 8.05. The van der Waals surface area contributed by atoms with Gasteiger partial charge in [0.1, 0.15) is 5.82 Å². The van der Waals surface area contributed by atoms with Crippen LogP contribution < -0.4 is 5.32 Å². The minimum absolute atomic E-state index is 0.260. The van der Waals surface area contributed by atoms with Gasteiger partial charge in [-0.3, -0.25) is 0 Å². The van der Waals surface area contributed by atoms with Gasteiger partial charge in [-0.15, -0.1) is 0 Å². The molecule has 0 aliphatic carbocycles. The lowest BCUT2D eigenvalue weighted by Crippen LogP contribution is -1.98. The average molecular weight is 290 g/mol. The highest BCUT2D eigenvalue weighted by atomic mass is 35.5. The van der Waals surface area contributed by atoms with Crippen LogP contribution in [0.25, 0.3) is 0 Å². The molecule has 3 nitrogen and oxygen atoms in total. The van der Waals surface area contributed by atoms with Crippen LogP contribution in [0.4, 0.5) is 11.5 Å². The number of aromatic nitrogens is 2. The first-order valence-electron chi connectivity index (χ1n) is 7.13. The number of benzene rings is 1. The first-order valence-corrected chi connectivity index (χ1v) is 7.51. The third-order valence-electron chi connectivity index (χ3n) is 3.21. The summed E-state index contributed by atoms with van der Waals surface area (Å²) in [6, 6.07) is 10.2. The fraction of sp³-hybridized carbons (Fsp3) is 0.375. The van der Waals surface area contributed by atoms with Crippen molar-refractivity contribution in [3.8, 4) is 0 Å². The van der Waals surface area contributed by atoms with Gasteiger partial charge in [-0.25, -0.2) is 9.97 Å². The second-order valence-corrected chi connectivity index (χ2v) is 5.14. The molecular formula is C16H20ClN3. The van der Waals surface area contributed by atoms with E-state index in [4.69, 9.17) is 11.6 Å². The highest BCUT2D eigenvalue weighted by Crippen LogP contribution is 2.22. The third kappa shape index (κ3) is 4.49. The summed E-state index contributed by atoms with van der Waals surface area (Å²) >= 11 is 5.81. The number of hydrogen-bond donors (Lipinski definition) is 1. The van der Waals surface area contributed by atoms with Crippen LogP contribution in [0.15, 0.2) is 36.5 Å². The van der Waals surface area contributed by atoms with Gasteiger partial charge in [-0.1, -0.05) is 44.4 Å². The van der Waals surface area contributed by atoms with Crippen molar-refractivity contribution in [1.29, 1.82) is 0 Å². The van der Waals surface area contributed by atoms with Crippen molar-refractivity contribution in [1.82, 2.24) is 9.97 Å². The lowest BCUT2D eigenvalue weighted by Gasteiger charge is -2.11. The Labute approximate surface area is 125 Å². The molecule has 1 heterocycles. The number of nitrogens with one attached hydrogen (secondary N) is 1. The first kappa shape index (κ1) is 14.8. The van der Waals surface area contributed by atoms with E-state index in [-0.39, 0.29) is 5.28 Å². The van der Waals surface area contributed by atoms with Gasteiger partial charge in [-0.2, -0.15) is 0 Å². The Balaban J connectivity index is 2.03. The van der Waals surface area contributed by atoms with Gasteiger partial charge in [0.2, 0.25) is 5.28 Å².